The number of ether oxygens (including phenoxy) is 1. The van der Waals surface area contributed by atoms with Gasteiger partial charge in [-0.2, -0.15) is 0 Å². The maximum Gasteiger partial charge on any atom is 0.308 e. The quantitative estimate of drug-likeness (QED) is 0.912. The van der Waals surface area contributed by atoms with Gasteiger partial charge in [0, 0.05) is 36.6 Å². The van der Waals surface area contributed by atoms with Crippen molar-refractivity contribution in [2.45, 2.75) is 19.4 Å². The lowest BCUT2D eigenvalue weighted by Crippen LogP contribution is -2.23. The van der Waals surface area contributed by atoms with Crippen molar-refractivity contribution in [1.82, 2.24) is 9.27 Å². The molecular weight excluding hydrogens is 312 g/mol. The third kappa shape index (κ3) is 3.38. The zero-order chi connectivity index (χ0) is 16.4. The highest BCUT2D eigenvalue weighted by atomic mass is 32.1. The average molecular weight is 332 g/mol. The Morgan fingerprint density at radius 2 is 2.13 bits per heavy atom. The van der Waals surface area contributed by atoms with Crippen molar-refractivity contribution >= 4 is 17.5 Å². The number of nitrogens with zero attached hydrogens (tertiary/aromatic N) is 2. The lowest BCUT2D eigenvalue weighted by molar-refractivity contribution is -0.141. The minimum absolute atomic E-state index is 0.00614. The zero-order valence-corrected chi connectivity index (χ0v) is 14.0. The topological polar surface area (TPSA) is 62.7 Å². The van der Waals surface area contributed by atoms with Crippen molar-refractivity contribution in [3.05, 3.63) is 46.5 Å². The standard InChI is InChI=1S/C17H20N2O3S/c1-11-7-18-23-16(11)10-19-8-14(15(9-19)17(20)21)12-3-5-13(22-2)6-4-12/h3-7,14-15H,8-10H2,1-2H3,(H,20,21)/t14-,15+/m0/s1. The van der Waals surface area contributed by atoms with E-state index >= 15 is 0 Å². The summed E-state index contributed by atoms with van der Waals surface area (Å²) in [5, 5.41) is 9.58. The molecule has 2 aromatic rings. The third-order valence-corrected chi connectivity index (χ3v) is 5.36. The first-order valence-electron chi connectivity index (χ1n) is 7.57. The summed E-state index contributed by atoms with van der Waals surface area (Å²) in [6.07, 6.45) is 1.87. The molecule has 1 aromatic carbocycles. The summed E-state index contributed by atoms with van der Waals surface area (Å²) < 4.78 is 9.38. The van der Waals surface area contributed by atoms with E-state index < -0.39 is 5.97 Å². The third-order valence-electron chi connectivity index (χ3n) is 4.47. The van der Waals surface area contributed by atoms with Crippen LogP contribution in [0.4, 0.5) is 0 Å². The predicted molar refractivity (Wildman–Crippen MR) is 89.0 cm³/mol. The van der Waals surface area contributed by atoms with Gasteiger partial charge in [-0.3, -0.25) is 9.69 Å². The second-order valence-corrected chi connectivity index (χ2v) is 6.84. The first-order chi connectivity index (χ1) is 11.1. The van der Waals surface area contributed by atoms with Crippen LogP contribution in [0.5, 0.6) is 5.75 Å². The van der Waals surface area contributed by atoms with Crippen molar-refractivity contribution in [1.29, 1.82) is 0 Å². The van der Waals surface area contributed by atoms with E-state index in [0.29, 0.717) is 6.54 Å². The van der Waals surface area contributed by atoms with E-state index in [1.807, 2.05) is 37.4 Å². The summed E-state index contributed by atoms with van der Waals surface area (Å²) in [6, 6.07) is 7.73. The van der Waals surface area contributed by atoms with Gasteiger partial charge in [-0.05, 0) is 41.7 Å². The molecule has 1 fully saturated rings. The van der Waals surface area contributed by atoms with E-state index in [9.17, 15) is 9.90 Å². The van der Waals surface area contributed by atoms with Crippen molar-refractivity contribution < 1.29 is 14.6 Å². The lowest BCUT2D eigenvalue weighted by Gasteiger charge is -2.16. The SMILES string of the molecule is COc1ccc([C@@H]2CN(Cc3sncc3C)C[C@H]2C(=O)O)cc1. The van der Waals surface area contributed by atoms with Gasteiger partial charge in [-0.15, -0.1) is 0 Å². The number of aliphatic carboxylic acids is 1. The van der Waals surface area contributed by atoms with Crippen LogP contribution in [-0.4, -0.2) is 40.5 Å². The zero-order valence-electron chi connectivity index (χ0n) is 13.2. The van der Waals surface area contributed by atoms with Crippen molar-refractivity contribution in [2.24, 2.45) is 5.92 Å². The lowest BCUT2D eigenvalue weighted by atomic mass is 9.89. The molecule has 0 radical (unpaired) electrons. The fourth-order valence-corrected chi connectivity index (χ4v) is 3.90. The summed E-state index contributed by atoms with van der Waals surface area (Å²) in [7, 11) is 1.63. The van der Waals surface area contributed by atoms with E-state index in [-0.39, 0.29) is 11.8 Å². The molecule has 5 nitrogen and oxygen atoms in total. The highest BCUT2D eigenvalue weighted by Crippen LogP contribution is 2.35. The Morgan fingerprint density at radius 1 is 1.39 bits per heavy atom. The minimum Gasteiger partial charge on any atom is -0.497 e. The molecule has 2 atom stereocenters. The summed E-state index contributed by atoms with van der Waals surface area (Å²) >= 11 is 1.49. The van der Waals surface area contributed by atoms with Gasteiger partial charge in [0.25, 0.3) is 0 Å². The Kier molecular flexibility index (Phi) is 4.63. The number of methoxy groups -OCH3 is 1. The fourth-order valence-electron chi connectivity index (χ4n) is 3.12. The maximum atomic E-state index is 11.7. The van der Waals surface area contributed by atoms with Crippen molar-refractivity contribution in [3.8, 4) is 5.75 Å². The number of carbonyl (C=O) groups is 1. The number of aromatic nitrogens is 1. The largest absolute Gasteiger partial charge is 0.497 e. The van der Waals surface area contributed by atoms with Gasteiger partial charge in [0.05, 0.1) is 13.0 Å². The normalized spacial score (nSPS) is 21.5. The molecule has 122 valence electrons. The van der Waals surface area contributed by atoms with E-state index in [1.165, 1.54) is 22.0 Å². The van der Waals surface area contributed by atoms with Crippen LogP contribution in [0.15, 0.2) is 30.5 Å². The van der Waals surface area contributed by atoms with Crippen molar-refractivity contribution in [2.75, 3.05) is 20.2 Å². The van der Waals surface area contributed by atoms with Crippen LogP contribution in [0, 0.1) is 12.8 Å². The molecule has 2 heterocycles. The van der Waals surface area contributed by atoms with Crippen LogP contribution in [0.1, 0.15) is 21.9 Å². The van der Waals surface area contributed by atoms with Gasteiger partial charge in [-0.1, -0.05) is 12.1 Å². The molecule has 1 N–H and O–H groups in total. The molecule has 23 heavy (non-hydrogen) atoms. The predicted octanol–water partition coefficient (Wildman–Crippen LogP) is 2.76. The van der Waals surface area contributed by atoms with Crippen LogP contribution in [0.3, 0.4) is 0 Å². The molecule has 0 amide bonds. The van der Waals surface area contributed by atoms with Gasteiger partial charge in [-0.25, -0.2) is 4.37 Å². The number of benzene rings is 1. The summed E-state index contributed by atoms with van der Waals surface area (Å²) in [5.41, 5.74) is 2.23. The number of likely N-dealkylation sites (tertiary alicyclic amines) is 1. The molecule has 0 aliphatic carbocycles. The Bertz CT molecular complexity index is 683. The summed E-state index contributed by atoms with van der Waals surface area (Å²) in [6.45, 7) is 4.14. The molecule has 0 unspecified atom stereocenters. The molecule has 0 bridgehead atoms. The number of hydrogen-bond donors (Lipinski definition) is 1. The van der Waals surface area contributed by atoms with Gasteiger partial charge >= 0.3 is 5.97 Å². The van der Waals surface area contributed by atoms with E-state index in [4.69, 9.17) is 4.74 Å². The number of aryl methyl sites for hydroxylation is 1. The molecule has 3 rings (SSSR count). The number of carboxylic acids is 1. The molecular formula is C17H20N2O3S. The fraction of sp³-hybridized carbons (Fsp3) is 0.412. The Hall–Kier alpha value is -1.92. The molecule has 1 aliphatic heterocycles. The minimum atomic E-state index is -0.727. The Balaban J connectivity index is 1.78. The highest BCUT2D eigenvalue weighted by molar-refractivity contribution is 7.05. The van der Waals surface area contributed by atoms with Crippen molar-refractivity contribution in [3.63, 3.8) is 0 Å². The first kappa shape index (κ1) is 16.0. The average Bonchev–Trinajstić information content (AvgIpc) is 3.15. The monoisotopic (exact) mass is 332 g/mol. The summed E-state index contributed by atoms with van der Waals surface area (Å²) in [4.78, 5) is 15.1. The van der Waals surface area contributed by atoms with Gasteiger partial charge in [0.2, 0.25) is 0 Å². The van der Waals surface area contributed by atoms with E-state index in [0.717, 1.165) is 24.4 Å². The Morgan fingerprint density at radius 3 is 2.70 bits per heavy atom. The van der Waals surface area contributed by atoms with Crippen LogP contribution >= 0.6 is 11.5 Å². The van der Waals surface area contributed by atoms with Crippen LogP contribution in [-0.2, 0) is 11.3 Å². The summed E-state index contributed by atoms with van der Waals surface area (Å²) in [5.74, 6) is -0.312. The van der Waals surface area contributed by atoms with Gasteiger partial charge in [0.15, 0.2) is 0 Å². The van der Waals surface area contributed by atoms with Crippen LogP contribution < -0.4 is 4.74 Å². The van der Waals surface area contributed by atoms with Gasteiger partial charge < -0.3 is 9.84 Å². The van der Waals surface area contributed by atoms with Crippen LogP contribution in [0.2, 0.25) is 0 Å². The molecule has 0 saturated carbocycles. The number of rotatable bonds is 5. The molecule has 1 aliphatic rings. The molecule has 1 aromatic heterocycles. The second kappa shape index (κ2) is 6.68. The van der Waals surface area contributed by atoms with Crippen LogP contribution in [0.25, 0.3) is 0 Å². The number of hydrogen-bond acceptors (Lipinski definition) is 5. The highest BCUT2D eigenvalue weighted by Gasteiger charge is 2.38. The van der Waals surface area contributed by atoms with E-state index in [1.54, 1.807) is 7.11 Å². The number of carboxylic acid groups (broad SMARTS) is 1. The maximum absolute atomic E-state index is 11.7. The molecule has 1 saturated heterocycles. The smallest absolute Gasteiger partial charge is 0.308 e. The Labute approximate surface area is 139 Å². The first-order valence-corrected chi connectivity index (χ1v) is 8.35. The van der Waals surface area contributed by atoms with E-state index in [2.05, 4.69) is 9.27 Å². The molecule has 0 spiro atoms. The van der Waals surface area contributed by atoms with Gasteiger partial charge in [0.1, 0.15) is 5.75 Å². The molecule has 6 heteroatoms. The second-order valence-electron chi connectivity index (χ2n) is 5.95.